The second kappa shape index (κ2) is 5.56. The van der Waals surface area contributed by atoms with E-state index in [1.165, 1.54) is 12.1 Å². The van der Waals surface area contributed by atoms with E-state index in [1.54, 1.807) is 6.92 Å². The maximum absolute atomic E-state index is 13.2. The third-order valence-corrected chi connectivity index (χ3v) is 5.11. The predicted molar refractivity (Wildman–Crippen MR) is 69.7 cm³/mol. The van der Waals surface area contributed by atoms with Crippen LogP contribution in [0.1, 0.15) is 31.2 Å². The number of hydrogen-bond donors (Lipinski definition) is 2. The van der Waals surface area contributed by atoms with Crippen LogP contribution in [0.2, 0.25) is 0 Å². The molecule has 4 nitrogen and oxygen atoms in total. The van der Waals surface area contributed by atoms with Crippen LogP contribution in [0.5, 0.6) is 0 Å². The molecule has 2 rings (SSSR count). The first kappa shape index (κ1) is 14.4. The minimum Gasteiger partial charge on any atom is -0.391 e. The van der Waals surface area contributed by atoms with Crippen molar-refractivity contribution in [2.75, 3.05) is 0 Å². The lowest BCUT2D eigenvalue weighted by molar-refractivity contribution is 0.101. The van der Waals surface area contributed by atoms with Crippen LogP contribution in [-0.4, -0.2) is 25.7 Å². The van der Waals surface area contributed by atoms with Crippen molar-refractivity contribution in [3.63, 3.8) is 0 Å². The van der Waals surface area contributed by atoms with Gasteiger partial charge in [-0.3, -0.25) is 0 Å². The predicted octanol–water partition coefficient (Wildman–Crippen LogP) is 1.72. The number of hydrogen-bond acceptors (Lipinski definition) is 3. The normalized spacial score (nSPS) is 24.4. The lowest BCUT2D eigenvalue weighted by atomic mass is 9.93. The standard InChI is InChI=1S/C13H18FNO3S/c1-9-6-7-10(14)8-13(9)19(17,18)15-11-4-2-3-5-12(11)16/h6-8,11-12,15-16H,2-5H2,1H3/t11-,12-/m1/s1. The average Bonchev–Trinajstić information content (AvgIpc) is 2.35. The number of aliphatic hydroxyl groups is 1. The van der Waals surface area contributed by atoms with Crippen LogP contribution in [0.3, 0.4) is 0 Å². The van der Waals surface area contributed by atoms with E-state index < -0.39 is 28.0 Å². The summed E-state index contributed by atoms with van der Waals surface area (Å²) < 4.78 is 40.1. The molecular weight excluding hydrogens is 269 g/mol. The summed E-state index contributed by atoms with van der Waals surface area (Å²) in [6, 6.07) is 3.18. The Morgan fingerprint density at radius 1 is 1.32 bits per heavy atom. The molecule has 1 saturated carbocycles. The van der Waals surface area contributed by atoms with E-state index in [4.69, 9.17) is 0 Å². The fourth-order valence-electron chi connectivity index (χ4n) is 2.37. The highest BCUT2D eigenvalue weighted by Crippen LogP contribution is 2.22. The zero-order valence-electron chi connectivity index (χ0n) is 10.8. The van der Waals surface area contributed by atoms with Crippen molar-refractivity contribution < 1.29 is 17.9 Å². The number of aryl methyl sites for hydroxylation is 1. The van der Waals surface area contributed by atoms with Crippen molar-refractivity contribution >= 4 is 10.0 Å². The molecular formula is C13H18FNO3S. The number of nitrogens with one attached hydrogen (secondary N) is 1. The van der Waals surface area contributed by atoms with E-state index in [0.29, 0.717) is 18.4 Å². The lowest BCUT2D eigenvalue weighted by Gasteiger charge is -2.28. The summed E-state index contributed by atoms with van der Waals surface area (Å²) in [7, 11) is -3.80. The molecule has 1 fully saturated rings. The Labute approximate surface area is 112 Å². The molecule has 19 heavy (non-hydrogen) atoms. The summed E-state index contributed by atoms with van der Waals surface area (Å²) in [5, 5.41) is 9.80. The summed E-state index contributed by atoms with van der Waals surface area (Å²) in [6.07, 6.45) is 2.31. The quantitative estimate of drug-likeness (QED) is 0.889. The molecule has 0 spiro atoms. The van der Waals surface area contributed by atoms with Crippen LogP contribution in [0.25, 0.3) is 0 Å². The van der Waals surface area contributed by atoms with Crippen molar-refractivity contribution in [2.24, 2.45) is 0 Å². The Kier molecular flexibility index (Phi) is 4.23. The van der Waals surface area contributed by atoms with E-state index >= 15 is 0 Å². The highest BCUT2D eigenvalue weighted by atomic mass is 32.2. The number of sulfonamides is 1. The molecule has 0 bridgehead atoms. The molecule has 0 saturated heterocycles. The molecule has 0 amide bonds. The van der Waals surface area contributed by atoms with Gasteiger partial charge >= 0.3 is 0 Å². The number of halogens is 1. The minimum absolute atomic E-state index is 0.0646. The van der Waals surface area contributed by atoms with E-state index in [2.05, 4.69) is 4.72 Å². The van der Waals surface area contributed by atoms with Crippen LogP contribution < -0.4 is 4.72 Å². The largest absolute Gasteiger partial charge is 0.391 e. The Balaban J connectivity index is 2.24. The van der Waals surface area contributed by atoms with Gasteiger partial charge < -0.3 is 5.11 Å². The van der Waals surface area contributed by atoms with Crippen molar-refractivity contribution in [3.05, 3.63) is 29.6 Å². The zero-order valence-corrected chi connectivity index (χ0v) is 11.6. The van der Waals surface area contributed by atoms with Gasteiger partial charge in [-0.2, -0.15) is 0 Å². The van der Waals surface area contributed by atoms with Crippen molar-refractivity contribution in [1.29, 1.82) is 0 Å². The van der Waals surface area contributed by atoms with E-state index in [0.717, 1.165) is 18.9 Å². The van der Waals surface area contributed by atoms with Gasteiger partial charge in [-0.1, -0.05) is 18.9 Å². The second-order valence-electron chi connectivity index (χ2n) is 4.99. The molecule has 0 aliphatic heterocycles. The molecule has 106 valence electrons. The van der Waals surface area contributed by atoms with Crippen molar-refractivity contribution in [1.82, 2.24) is 4.72 Å². The molecule has 0 unspecified atom stereocenters. The topological polar surface area (TPSA) is 66.4 Å². The number of rotatable bonds is 3. The van der Waals surface area contributed by atoms with E-state index in [-0.39, 0.29) is 4.90 Å². The molecule has 1 aliphatic rings. The van der Waals surface area contributed by atoms with Gasteiger partial charge in [0.15, 0.2) is 0 Å². The molecule has 2 atom stereocenters. The van der Waals surface area contributed by atoms with Gasteiger partial charge in [0, 0.05) is 6.04 Å². The first-order chi connectivity index (χ1) is 8.90. The van der Waals surface area contributed by atoms with Crippen LogP contribution in [0, 0.1) is 12.7 Å². The molecule has 6 heteroatoms. The molecule has 0 radical (unpaired) electrons. The molecule has 2 N–H and O–H groups in total. The van der Waals surface area contributed by atoms with E-state index in [1.807, 2.05) is 0 Å². The smallest absolute Gasteiger partial charge is 0.241 e. The van der Waals surface area contributed by atoms with Gasteiger partial charge in [-0.05, 0) is 37.5 Å². The maximum atomic E-state index is 13.2. The average molecular weight is 287 g/mol. The van der Waals surface area contributed by atoms with Gasteiger partial charge in [-0.15, -0.1) is 0 Å². The van der Waals surface area contributed by atoms with Crippen LogP contribution >= 0.6 is 0 Å². The summed E-state index contributed by atoms with van der Waals surface area (Å²) in [6.45, 7) is 1.62. The molecule has 0 heterocycles. The first-order valence-electron chi connectivity index (χ1n) is 6.37. The van der Waals surface area contributed by atoms with Gasteiger partial charge in [-0.25, -0.2) is 17.5 Å². The van der Waals surface area contributed by atoms with E-state index in [9.17, 15) is 17.9 Å². The van der Waals surface area contributed by atoms with Crippen LogP contribution in [0.15, 0.2) is 23.1 Å². The van der Waals surface area contributed by atoms with Crippen LogP contribution in [0.4, 0.5) is 4.39 Å². The Morgan fingerprint density at radius 3 is 2.68 bits per heavy atom. The van der Waals surface area contributed by atoms with Crippen LogP contribution in [-0.2, 0) is 10.0 Å². The van der Waals surface area contributed by atoms with Gasteiger partial charge in [0.05, 0.1) is 11.0 Å². The Morgan fingerprint density at radius 2 is 2.00 bits per heavy atom. The fraction of sp³-hybridized carbons (Fsp3) is 0.538. The molecule has 1 aliphatic carbocycles. The molecule has 1 aromatic rings. The highest BCUT2D eigenvalue weighted by Gasteiger charge is 2.28. The highest BCUT2D eigenvalue weighted by molar-refractivity contribution is 7.89. The van der Waals surface area contributed by atoms with Gasteiger partial charge in [0.1, 0.15) is 5.82 Å². The van der Waals surface area contributed by atoms with Crippen molar-refractivity contribution in [3.8, 4) is 0 Å². The molecule has 1 aromatic carbocycles. The zero-order chi connectivity index (χ0) is 14.0. The summed E-state index contributed by atoms with van der Waals surface area (Å²) >= 11 is 0. The molecule has 0 aromatic heterocycles. The van der Waals surface area contributed by atoms with Gasteiger partial charge in [0.25, 0.3) is 0 Å². The Bertz CT molecular complexity index is 559. The summed E-state index contributed by atoms with van der Waals surface area (Å²) in [5.41, 5.74) is 0.485. The Hall–Kier alpha value is -0.980. The van der Waals surface area contributed by atoms with Gasteiger partial charge in [0.2, 0.25) is 10.0 Å². The number of benzene rings is 1. The first-order valence-corrected chi connectivity index (χ1v) is 7.85. The number of aliphatic hydroxyl groups excluding tert-OH is 1. The van der Waals surface area contributed by atoms with Crippen molar-refractivity contribution in [2.45, 2.75) is 49.6 Å². The minimum atomic E-state index is -3.80. The second-order valence-corrected chi connectivity index (χ2v) is 6.67. The summed E-state index contributed by atoms with van der Waals surface area (Å²) in [4.78, 5) is -0.0646. The third kappa shape index (κ3) is 3.32. The fourth-order valence-corrected chi connectivity index (χ4v) is 3.94. The maximum Gasteiger partial charge on any atom is 0.241 e. The third-order valence-electron chi connectivity index (χ3n) is 3.48. The summed E-state index contributed by atoms with van der Waals surface area (Å²) in [5.74, 6) is -0.588. The SMILES string of the molecule is Cc1ccc(F)cc1S(=O)(=O)N[C@@H]1CCCC[C@H]1O. The monoisotopic (exact) mass is 287 g/mol. The lowest BCUT2D eigenvalue weighted by Crippen LogP contribution is -2.45.